The van der Waals surface area contributed by atoms with Crippen LogP contribution in [0.5, 0.6) is 0 Å². The Morgan fingerprint density at radius 3 is 2.72 bits per heavy atom. The van der Waals surface area contributed by atoms with Crippen molar-refractivity contribution >= 4 is 43.5 Å². The van der Waals surface area contributed by atoms with Crippen LogP contribution in [0.4, 0.5) is 5.69 Å². The van der Waals surface area contributed by atoms with Gasteiger partial charge in [-0.2, -0.15) is 5.26 Å². The highest BCUT2D eigenvalue weighted by molar-refractivity contribution is 9.11. The van der Waals surface area contributed by atoms with Crippen LogP contribution in [0.3, 0.4) is 0 Å². The van der Waals surface area contributed by atoms with E-state index in [-0.39, 0.29) is 11.8 Å². The fourth-order valence-corrected chi connectivity index (χ4v) is 3.40. The van der Waals surface area contributed by atoms with Crippen LogP contribution in [-0.4, -0.2) is 12.5 Å². The summed E-state index contributed by atoms with van der Waals surface area (Å²) in [5.41, 5.74) is 1.05. The van der Waals surface area contributed by atoms with Crippen molar-refractivity contribution in [2.45, 2.75) is 6.42 Å². The van der Waals surface area contributed by atoms with Gasteiger partial charge in [0.1, 0.15) is 6.07 Å². The van der Waals surface area contributed by atoms with Gasteiger partial charge in [-0.3, -0.25) is 4.79 Å². The highest BCUT2D eigenvalue weighted by atomic mass is 79.9. The molecular weight excluding hydrogens is 360 g/mol. The number of hydrogen-bond donors (Lipinski definition) is 0. The first-order valence-electron chi connectivity index (χ1n) is 5.22. The molecule has 1 fully saturated rings. The fraction of sp³-hybridized carbons (Fsp3) is 0.231. The van der Waals surface area contributed by atoms with E-state index >= 15 is 0 Å². The predicted octanol–water partition coefficient (Wildman–Crippen LogP) is 3.07. The van der Waals surface area contributed by atoms with E-state index in [1.807, 2.05) is 6.07 Å². The highest BCUT2D eigenvalue weighted by Gasteiger charge is 2.32. The summed E-state index contributed by atoms with van der Waals surface area (Å²) in [6.07, 6.45) is 5.69. The highest BCUT2D eigenvalue weighted by Crippen LogP contribution is 2.36. The lowest BCUT2D eigenvalue weighted by molar-refractivity contribution is -0.117. The molecule has 3 nitrogen and oxygen atoms in total. The quantitative estimate of drug-likeness (QED) is 0.716. The van der Waals surface area contributed by atoms with E-state index in [4.69, 9.17) is 11.7 Å². The van der Waals surface area contributed by atoms with Crippen molar-refractivity contribution < 1.29 is 4.79 Å². The van der Waals surface area contributed by atoms with Crippen molar-refractivity contribution in [1.82, 2.24) is 0 Å². The SMILES string of the molecule is C#CC1CC(=O)N(c2c(Br)cc(Br)cc2C#N)C1. The fourth-order valence-electron chi connectivity index (χ4n) is 1.96. The molecule has 18 heavy (non-hydrogen) atoms. The first-order chi connectivity index (χ1) is 8.56. The number of amides is 1. The molecular formula is C13H8Br2N2O. The zero-order valence-electron chi connectivity index (χ0n) is 9.28. The molecule has 0 aromatic heterocycles. The Labute approximate surface area is 122 Å². The zero-order valence-corrected chi connectivity index (χ0v) is 12.5. The number of carbonyl (C=O) groups excluding carboxylic acids is 1. The second-order valence-electron chi connectivity index (χ2n) is 3.97. The summed E-state index contributed by atoms with van der Waals surface area (Å²) in [6.45, 7) is 0.463. The van der Waals surface area contributed by atoms with Gasteiger partial charge in [-0.1, -0.05) is 15.9 Å². The maximum Gasteiger partial charge on any atom is 0.228 e. The molecule has 5 heteroatoms. The first kappa shape index (κ1) is 13.1. The molecule has 0 saturated carbocycles. The Balaban J connectivity index is 2.50. The van der Waals surface area contributed by atoms with Gasteiger partial charge < -0.3 is 4.90 Å². The van der Waals surface area contributed by atoms with Gasteiger partial charge in [-0.25, -0.2) is 0 Å². The monoisotopic (exact) mass is 366 g/mol. The van der Waals surface area contributed by atoms with Gasteiger partial charge in [-0.05, 0) is 28.1 Å². The smallest absolute Gasteiger partial charge is 0.228 e. The van der Waals surface area contributed by atoms with Crippen LogP contribution in [0.15, 0.2) is 21.1 Å². The van der Waals surface area contributed by atoms with Gasteiger partial charge >= 0.3 is 0 Å². The number of nitriles is 1. The standard InChI is InChI=1S/C13H8Br2N2O/c1-2-8-3-12(18)17(7-8)13-9(6-16)4-10(14)5-11(13)15/h1,4-5,8H,3,7H2. The van der Waals surface area contributed by atoms with Crippen LogP contribution in [0, 0.1) is 29.6 Å². The average Bonchev–Trinajstić information content (AvgIpc) is 2.69. The van der Waals surface area contributed by atoms with Crippen molar-refractivity contribution in [2.75, 3.05) is 11.4 Å². The van der Waals surface area contributed by atoms with E-state index in [1.54, 1.807) is 11.0 Å². The number of terminal acetylenes is 1. The Bertz CT molecular complexity index is 598. The second kappa shape index (κ2) is 5.14. The molecule has 1 aliphatic rings. The molecule has 1 heterocycles. The Morgan fingerprint density at radius 2 is 2.17 bits per heavy atom. The normalized spacial score (nSPS) is 18.6. The molecule has 0 spiro atoms. The molecule has 1 aromatic carbocycles. The van der Waals surface area contributed by atoms with E-state index in [0.29, 0.717) is 28.7 Å². The zero-order chi connectivity index (χ0) is 13.3. The minimum atomic E-state index is -0.0837. The van der Waals surface area contributed by atoms with Gasteiger partial charge in [0.15, 0.2) is 0 Å². The van der Waals surface area contributed by atoms with E-state index in [1.165, 1.54) is 0 Å². The number of nitrogens with zero attached hydrogens (tertiary/aromatic N) is 2. The molecule has 1 aromatic rings. The van der Waals surface area contributed by atoms with Crippen LogP contribution in [-0.2, 0) is 4.79 Å². The number of hydrogen-bond acceptors (Lipinski definition) is 2. The lowest BCUT2D eigenvalue weighted by atomic mass is 10.1. The minimum Gasteiger partial charge on any atom is -0.309 e. The predicted molar refractivity (Wildman–Crippen MR) is 75.9 cm³/mol. The van der Waals surface area contributed by atoms with Gasteiger partial charge in [0.05, 0.1) is 11.3 Å². The number of halogens is 2. The maximum atomic E-state index is 11.9. The summed E-state index contributed by atoms with van der Waals surface area (Å²) >= 11 is 6.71. The van der Waals surface area contributed by atoms with E-state index in [9.17, 15) is 4.79 Å². The number of benzene rings is 1. The van der Waals surface area contributed by atoms with Crippen LogP contribution in [0.1, 0.15) is 12.0 Å². The summed E-state index contributed by atoms with van der Waals surface area (Å²) < 4.78 is 1.49. The van der Waals surface area contributed by atoms with Gasteiger partial charge in [0, 0.05) is 27.8 Å². The van der Waals surface area contributed by atoms with Crippen molar-refractivity contribution in [2.24, 2.45) is 5.92 Å². The van der Waals surface area contributed by atoms with Crippen LogP contribution in [0.2, 0.25) is 0 Å². The lowest BCUT2D eigenvalue weighted by Crippen LogP contribution is -2.25. The molecule has 1 saturated heterocycles. The van der Waals surface area contributed by atoms with Gasteiger partial charge in [-0.15, -0.1) is 12.3 Å². The van der Waals surface area contributed by atoms with E-state index in [0.717, 1.165) is 4.47 Å². The van der Waals surface area contributed by atoms with E-state index < -0.39 is 0 Å². The Morgan fingerprint density at radius 1 is 1.44 bits per heavy atom. The summed E-state index contributed by atoms with van der Waals surface area (Å²) in [5, 5.41) is 9.17. The molecule has 1 amide bonds. The van der Waals surface area contributed by atoms with Gasteiger partial charge in [0.2, 0.25) is 5.91 Å². The average molecular weight is 368 g/mol. The van der Waals surface area contributed by atoms with Crippen LogP contribution >= 0.6 is 31.9 Å². The molecule has 1 atom stereocenters. The van der Waals surface area contributed by atoms with Crippen molar-refractivity contribution in [3.05, 3.63) is 26.6 Å². The molecule has 0 radical (unpaired) electrons. The molecule has 2 rings (SSSR count). The largest absolute Gasteiger partial charge is 0.309 e. The topological polar surface area (TPSA) is 44.1 Å². The molecule has 1 aliphatic heterocycles. The Kier molecular flexibility index (Phi) is 3.75. The van der Waals surface area contributed by atoms with Crippen molar-refractivity contribution in [3.63, 3.8) is 0 Å². The van der Waals surface area contributed by atoms with Crippen molar-refractivity contribution in [3.8, 4) is 18.4 Å². The van der Waals surface area contributed by atoms with Gasteiger partial charge in [0.25, 0.3) is 0 Å². The second-order valence-corrected chi connectivity index (χ2v) is 5.74. The van der Waals surface area contributed by atoms with Crippen LogP contribution < -0.4 is 4.90 Å². The van der Waals surface area contributed by atoms with Crippen molar-refractivity contribution in [1.29, 1.82) is 5.26 Å². The summed E-state index contributed by atoms with van der Waals surface area (Å²) in [5.74, 6) is 2.46. The number of anilines is 1. The molecule has 0 N–H and O–H groups in total. The number of carbonyl (C=O) groups is 1. The summed E-state index contributed by atoms with van der Waals surface area (Å²) in [4.78, 5) is 13.5. The Hall–Kier alpha value is -1.30. The number of rotatable bonds is 1. The maximum absolute atomic E-state index is 11.9. The molecule has 0 aliphatic carbocycles. The summed E-state index contributed by atoms with van der Waals surface area (Å²) in [7, 11) is 0. The molecule has 90 valence electrons. The lowest BCUT2D eigenvalue weighted by Gasteiger charge is -2.19. The summed E-state index contributed by atoms with van der Waals surface area (Å²) in [6, 6.07) is 5.61. The third-order valence-electron chi connectivity index (χ3n) is 2.78. The third kappa shape index (κ3) is 2.29. The minimum absolute atomic E-state index is 0.0440. The van der Waals surface area contributed by atoms with E-state index in [2.05, 4.69) is 43.8 Å². The third-order valence-corrected chi connectivity index (χ3v) is 3.84. The molecule has 1 unspecified atom stereocenters. The van der Waals surface area contributed by atoms with Crippen LogP contribution in [0.25, 0.3) is 0 Å². The first-order valence-corrected chi connectivity index (χ1v) is 6.81. The molecule has 0 bridgehead atoms.